The molecule has 3 rings (SSSR count). The number of nitrogens with zero attached hydrogens (tertiary/aromatic N) is 1. The molecule has 1 aliphatic rings. The highest BCUT2D eigenvalue weighted by molar-refractivity contribution is 6.21. The molecule has 3 heteroatoms. The molecule has 0 atom stereocenters. The average Bonchev–Trinajstić information content (AvgIpc) is 2.72. The van der Waals surface area contributed by atoms with E-state index in [2.05, 4.69) is 6.58 Å². The fraction of sp³-hybridized carbons (Fsp3) is 0.0625. The maximum absolute atomic E-state index is 12.4. The first-order chi connectivity index (χ1) is 9.22. The van der Waals surface area contributed by atoms with Crippen molar-refractivity contribution in [1.82, 2.24) is 0 Å². The number of ether oxygens (including phenoxy) is 1. The van der Waals surface area contributed by atoms with Crippen molar-refractivity contribution in [2.75, 3.05) is 12.0 Å². The molecule has 0 unspecified atom stereocenters. The molecule has 94 valence electrons. The van der Waals surface area contributed by atoms with E-state index < -0.39 is 0 Å². The zero-order chi connectivity index (χ0) is 13.4. The van der Waals surface area contributed by atoms with Crippen molar-refractivity contribution in [2.45, 2.75) is 0 Å². The summed E-state index contributed by atoms with van der Waals surface area (Å²) in [6.45, 7) is 4.02. The van der Waals surface area contributed by atoms with Crippen LogP contribution in [-0.2, 0) is 0 Å². The molecule has 1 heterocycles. The smallest absolute Gasteiger partial charge is 0.263 e. The Morgan fingerprint density at radius 3 is 2.21 bits per heavy atom. The SMILES string of the molecule is C=C1c2ccccc2C(=O)N1c1ccc(OC)cc1. The van der Waals surface area contributed by atoms with Crippen LogP contribution in [0, 0.1) is 0 Å². The molecule has 0 aliphatic carbocycles. The molecule has 0 saturated carbocycles. The Morgan fingerprint density at radius 1 is 1.00 bits per heavy atom. The number of hydrogen-bond acceptors (Lipinski definition) is 2. The zero-order valence-electron chi connectivity index (χ0n) is 10.6. The molecule has 0 radical (unpaired) electrons. The number of rotatable bonds is 2. The lowest BCUT2D eigenvalue weighted by molar-refractivity contribution is 0.101. The predicted molar refractivity (Wildman–Crippen MR) is 75.3 cm³/mol. The fourth-order valence-corrected chi connectivity index (χ4v) is 2.29. The van der Waals surface area contributed by atoms with Gasteiger partial charge in [0.05, 0.1) is 12.8 Å². The van der Waals surface area contributed by atoms with E-state index in [4.69, 9.17) is 4.74 Å². The van der Waals surface area contributed by atoms with E-state index in [-0.39, 0.29) is 5.91 Å². The van der Waals surface area contributed by atoms with Crippen molar-refractivity contribution in [3.63, 3.8) is 0 Å². The lowest BCUT2D eigenvalue weighted by Gasteiger charge is -2.17. The van der Waals surface area contributed by atoms with E-state index in [0.717, 1.165) is 17.0 Å². The second kappa shape index (κ2) is 4.28. The van der Waals surface area contributed by atoms with Crippen LogP contribution in [0.25, 0.3) is 5.70 Å². The third kappa shape index (κ3) is 1.71. The van der Waals surface area contributed by atoms with E-state index >= 15 is 0 Å². The van der Waals surface area contributed by atoms with Gasteiger partial charge < -0.3 is 4.74 Å². The zero-order valence-corrected chi connectivity index (χ0v) is 10.6. The number of anilines is 1. The minimum Gasteiger partial charge on any atom is -0.497 e. The van der Waals surface area contributed by atoms with Crippen LogP contribution in [0.3, 0.4) is 0 Å². The molecule has 19 heavy (non-hydrogen) atoms. The highest BCUT2D eigenvalue weighted by Crippen LogP contribution is 2.35. The van der Waals surface area contributed by atoms with Crippen molar-refractivity contribution in [3.05, 3.63) is 66.2 Å². The number of benzene rings is 2. The molecule has 0 aromatic heterocycles. The molecule has 0 N–H and O–H groups in total. The Hall–Kier alpha value is -2.55. The number of carbonyl (C=O) groups excluding carboxylic acids is 1. The van der Waals surface area contributed by atoms with Gasteiger partial charge >= 0.3 is 0 Å². The van der Waals surface area contributed by atoms with Gasteiger partial charge in [0.15, 0.2) is 0 Å². The van der Waals surface area contributed by atoms with Gasteiger partial charge in [0, 0.05) is 16.8 Å². The van der Waals surface area contributed by atoms with Crippen LogP contribution >= 0.6 is 0 Å². The summed E-state index contributed by atoms with van der Waals surface area (Å²) in [4.78, 5) is 14.0. The van der Waals surface area contributed by atoms with Crippen molar-refractivity contribution in [2.24, 2.45) is 0 Å². The van der Waals surface area contributed by atoms with Crippen LogP contribution in [0.1, 0.15) is 15.9 Å². The third-order valence-corrected chi connectivity index (χ3v) is 3.27. The summed E-state index contributed by atoms with van der Waals surface area (Å²) in [6, 6.07) is 14.9. The van der Waals surface area contributed by atoms with Gasteiger partial charge in [-0.25, -0.2) is 0 Å². The van der Waals surface area contributed by atoms with Crippen LogP contribution in [0.2, 0.25) is 0 Å². The van der Waals surface area contributed by atoms with Crippen LogP contribution in [0.4, 0.5) is 5.69 Å². The Morgan fingerprint density at radius 2 is 1.63 bits per heavy atom. The molecule has 0 spiro atoms. The van der Waals surface area contributed by atoms with Crippen LogP contribution < -0.4 is 9.64 Å². The van der Waals surface area contributed by atoms with Gasteiger partial charge in [0.1, 0.15) is 5.75 Å². The summed E-state index contributed by atoms with van der Waals surface area (Å²) in [5, 5.41) is 0. The number of hydrogen-bond donors (Lipinski definition) is 0. The van der Waals surface area contributed by atoms with Gasteiger partial charge in [-0.3, -0.25) is 9.69 Å². The van der Waals surface area contributed by atoms with E-state index in [1.165, 1.54) is 0 Å². The highest BCUT2D eigenvalue weighted by Gasteiger charge is 2.31. The minimum atomic E-state index is -0.0363. The molecular weight excluding hydrogens is 238 g/mol. The molecule has 0 bridgehead atoms. The third-order valence-electron chi connectivity index (χ3n) is 3.27. The predicted octanol–water partition coefficient (Wildman–Crippen LogP) is 3.33. The standard InChI is InChI=1S/C16H13NO2/c1-11-14-5-3-4-6-15(14)16(18)17(11)12-7-9-13(19-2)10-8-12/h3-10H,1H2,2H3. The number of fused-ring (bicyclic) bond motifs is 1. The quantitative estimate of drug-likeness (QED) is 0.819. The average molecular weight is 251 g/mol. The first-order valence-corrected chi connectivity index (χ1v) is 5.99. The topological polar surface area (TPSA) is 29.5 Å². The first-order valence-electron chi connectivity index (χ1n) is 5.99. The molecule has 0 saturated heterocycles. The number of carbonyl (C=O) groups is 1. The Kier molecular flexibility index (Phi) is 2.60. The van der Waals surface area contributed by atoms with Crippen molar-refractivity contribution < 1.29 is 9.53 Å². The van der Waals surface area contributed by atoms with Crippen LogP contribution in [0.5, 0.6) is 5.75 Å². The normalized spacial score (nSPS) is 13.6. The maximum Gasteiger partial charge on any atom is 0.263 e. The van der Waals surface area contributed by atoms with E-state index in [1.54, 1.807) is 12.0 Å². The van der Waals surface area contributed by atoms with E-state index in [1.807, 2.05) is 48.5 Å². The lowest BCUT2D eigenvalue weighted by atomic mass is 10.1. The molecule has 1 amide bonds. The van der Waals surface area contributed by atoms with Gasteiger partial charge in [0.2, 0.25) is 0 Å². The van der Waals surface area contributed by atoms with Crippen LogP contribution in [0.15, 0.2) is 55.1 Å². The fourth-order valence-electron chi connectivity index (χ4n) is 2.29. The lowest BCUT2D eigenvalue weighted by Crippen LogP contribution is -2.21. The van der Waals surface area contributed by atoms with Crippen LogP contribution in [-0.4, -0.2) is 13.0 Å². The second-order valence-corrected chi connectivity index (χ2v) is 4.33. The van der Waals surface area contributed by atoms with Crippen molar-refractivity contribution in [3.8, 4) is 5.75 Å². The molecule has 3 nitrogen and oxygen atoms in total. The number of methoxy groups -OCH3 is 1. The van der Waals surface area contributed by atoms with Gasteiger partial charge in [-0.15, -0.1) is 0 Å². The van der Waals surface area contributed by atoms with Gasteiger partial charge in [0.25, 0.3) is 5.91 Å². The molecule has 2 aromatic rings. The van der Waals surface area contributed by atoms with Gasteiger partial charge in [-0.1, -0.05) is 24.8 Å². The molecule has 1 aliphatic heterocycles. The van der Waals surface area contributed by atoms with E-state index in [0.29, 0.717) is 11.3 Å². The van der Waals surface area contributed by atoms with Crippen molar-refractivity contribution in [1.29, 1.82) is 0 Å². The van der Waals surface area contributed by atoms with E-state index in [9.17, 15) is 4.79 Å². The summed E-state index contributed by atoms with van der Waals surface area (Å²) in [6.07, 6.45) is 0. The highest BCUT2D eigenvalue weighted by atomic mass is 16.5. The summed E-state index contributed by atoms with van der Waals surface area (Å²) >= 11 is 0. The summed E-state index contributed by atoms with van der Waals surface area (Å²) in [5.74, 6) is 0.726. The molecular formula is C16H13NO2. The first kappa shape index (κ1) is 11.5. The number of amides is 1. The summed E-state index contributed by atoms with van der Waals surface area (Å²) < 4.78 is 5.12. The minimum absolute atomic E-state index is 0.0363. The maximum atomic E-state index is 12.4. The van der Waals surface area contributed by atoms with Gasteiger partial charge in [-0.2, -0.15) is 0 Å². The Labute approximate surface area is 111 Å². The Balaban J connectivity index is 2.03. The Bertz CT molecular complexity index is 624. The second-order valence-electron chi connectivity index (χ2n) is 4.33. The summed E-state index contributed by atoms with van der Waals surface area (Å²) in [7, 11) is 1.62. The van der Waals surface area contributed by atoms with Crippen molar-refractivity contribution >= 4 is 17.3 Å². The van der Waals surface area contributed by atoms with Gasteiger partial charge in [-0.05, 0) is 30.3 Å². The largest absolute Gasteiger partial charge is 0.497 e. The monoisotopic (exact) mass is 251 g/mol. The molecule has 0 fully saturated rings. The molecule has 2 aromatic carbocycles. The summed E-state index contributed by atoms with van der Waals surface area (Å²) in [5.41, 5.74) is 3.10.